The van der Waals surface area contributed by atoms with Crippen LogP contribution in [0.2, 0.25) is 0 Å². The third-order valence-electron chi connectivity index (χ3n) is 4.95. The number of amides is 1. The first-order valence-corrected chi connectivity index (χ1v) is 10.7. The van der Waals surface area contributed by atoms with E-state index in [0.717, 1.165) is 28.3 Å². The lowest BCUT2D eigenvalue weighted by Crippen LogP contribution is -2.29. The number of fused-ring (bicyclic) bond motifs is 1. The standard InChI is InChI=1S/C23H23FN4OS/c1-27(21-11-6-5-10-19(21)24)13-7-12-25-22(29)14-18-16-30-23-26-20(15-28(18)23)17-8-3-2-4-9-17/h2-6,8-11,15-16H,7,12-14H2,1H3,(H,25,29). The fraction of sp³-hybridized carbons (Fsp3) is 0.217. The van der Waals surface area contributed by atoms with Gasteiger partial charge in [-0.25, -0.2) is 9.37 Å². The van der Waals surface area contributed by atoms with Gasteiger partial charge in [-0.2, -0.15) is 0 Å². The molecule has 7 heteroatoms. The summed E-state index contributed by atoms with van der Waals surface area (Å²) in [5, 5.41) is 4.93. The molecule has 4 rings (SSSR count). The zero-order valence-electron chi connectivity index (χ0n) is 16.7. The number of aromatic nitrogens is 2. The molecule has 2 aromatic heterocycles. The number of nitrogens with one attached hydrogen (secondary N) is 1. The molecule has 0 aliphatic carbocycles. The van der Waals surface area contributed by atoms with Gasteiger partial charge in [0.25, 0.3) is 0 Å². The average molecular weight is 423 g/mol. The summed E-state index contributed by atoms with van der Waals surface area (Å²) in [5.41, 5.74) is 3.45. The summed E-state index contributed by atoms with van der Waals surface area (Å²) in [5.74, 6) is -0.265. The van der Waals surface area contributed by atoms with Crippen LogP contribution < -0.4 is 10.2 Å². The Balaban J connectivity index is 1.29. The summed E-state index contributed by atoms with van der Waals surface area (Å²) >= 11 is 1.53. The summed E-state index contributed by atoms with van der Waals surface area (Å²) in [4.78, 5) is 19.8. The monoisotopic (exact) mass is 422 g/mol. The number of hydrogen-bond acceptors (Lipinski definition) is 4. The smallest absolute Gasteiger partial charge is 0.225 e. The molecule has 2 aromatic carbocycles. The molecule has 0 spiro atoms. The van der Waals surface area contributed by atoms with Crippen LogP contribution in [0.1, 0.15) is 12.1 Å². The lowest BCUT2D eigenvalue weighted by atomic mass is 10.2. The molecule has 0 fully saturated rings. The highest BCUT2D eigenvalue weighted by atomic mass is 32.1. The average Bonchev–Trinajstić information content (AvgIpc) is 3.34. The first kappa shape index (κ1) is 20.1. The van der Waals surface area contributed by atoms with Crippen molar-refractivity contribution in [2.75, 3.05) is 25.0 Å². The molecule has 1 amide bonds. The number of halogens is 1. The van der Waals surface area contributed by atoms with Crippen molar-refractivity contribution in [3.8, 4) is 11.3 Å². The van der Waals surface area contributed by atoms with Gasteiger partial charge in [-0.1, -0.05) is 42.5 Å². The van der Waals surface area contributed by atoms with Crippen LogP contribution in [0.5, 0.6) is 0 Å². The topological polar surface area (TPSA) is 49.6 Å². The van der Waals surface area contributed by atoms with Crippen molar-refractivity contribution in [3.63, 3.8) is 0 Å². The first-order valence-electron chi connectivity index (χ1n) is 9.85. The molecule has 30 heavy (non-hydrogen) atoms. The molecular formula is C23H23FN4OS. The Morgan fingerprint density at radius 1 is 1.17 bits per heavy atom. The third kappa shape index (κ3) is 4.52. The van der Waals surface area contributed by atoms with Crippen LogP contribution in [0.3, 0.4) is 0 Å². The molecule has 154 valence electrons. The maximum atomic E-state index is 13.8. The minimum absolute atomic E-state index is 0.0294. The second kappa shape index (κ2) is 9.09. The van der Waals surface area contributed by atoms with Crippen LogP contribution in [0.25, 0.3) is 16.2 Å². The largest absolute Gasteiger partial charge is 0.372 e. The zero-order valence-corrected chi connectivity index (χ0v) is 17.5. The van der Waals surface area contributed by atoms with Crippen LogP contribution >= 0.6 is 11.3 Å². The van der Waals surface area contributed by atoms with E-state index in [4.69, 9.17) is 0 Å². The van der Waals surface area contributed by atoms with E-state index in [1.807, 2.05) is 64.3 Å². The van der Waals surface area contributed by atoms with Crippen LogP contribution in [-0.4, -0.2) is 35.4 Å². The molecule has 4 aromatic rings. The quantitative estimate of drug-likeness (QED) is 0.429. The second-order valence-corrected chi connectivity index (χ2v) is 7.96. The van der Waals surface area contributed by atoms with Gasteiger partial charge in [0, 0.05) is 43.0 Å². The number of para-hydroxylation sites is 1. The maximum absolute atomic E-state index is 13.8. The van der Waals surface area contributed by atoms with Crippen LogP contribution in [-0.2, 0) is 11.2 Å². The second-order valence-electron chi connectivity index (χ2n) is 7.13. The van der Waals surface area contributed by atoms with E-state index >= 15 is 0 Å². The van der Waals surface area contributed by atoms with Crippen molar-refractivity contribution in [2.45, 2.75) is 12.8 Å². The van der Waals surface area contributed by atoms with Crippen molar-refractivity contribution in [2.24, 2.45) is 0 Å². The molecule has 0 unspecified atom stereocenters. The van der Waals surface area contributed by atoms with Crippen molar-refractivity contribution in [3.05, 3.63) is 77.7 Å². The van der Waals surface area contributed by atoms with Crippen molar-refractivity contribution < 1.29 is 9.18 Å². The first-order chi connectivity index (χ1) is 14.6. The fourth-order valence-electron chi connectivity index (χ4n) is 3.36. The van der Waals surface area contributed by atoms with Gasteiger partial charge in [-0.05, 0) is 18.6 Å². The predicted molar refractivity (Wildman–Crippen MR) is 120 cm³/mol. The van der Waals surface area contributed by atoms with Crippen LogP contribution in [0, 0.1) is 5.82 Å². The van der Waals surface area contributed by atoms with Crippen molar-refractivity contribution in [1.29, 1.82) is 0 Å². The maximum Gasteiger partial charge on any atom is 0.225 e. The minimum Gasteiger partial charge on any atom is -0.372 e. The fourth-order valence-corrected chi connectivity index (χ4v) is 4.23. The van der Waals surface area contributed by atoms with Gasteiger partial charge in [0.1, 0.15) is 5.82 Å². The van der Waals surface area contributed by atoms with E-state index in [9.17, 15) is 9.18 Å². The van der Waals surface area contributed by atoms with E-state index in [0.29, 0.717) is 25.2 Å². The highest BCUT2D eigenvalue weighted by Crippen LogP contribution is 2.23. The SMILES string of the molecule is CN(CCCNC(=O)Cc1csc2nc(-c3ccccc3)cn12)c1ccccc1F. The zero-order chi connectivity index (χ0) is 20.9. The molecule has 0 aliphatic heterocycles. The summed E-state index contributed by atoms with van der Waals surface area (Å²) in [6, 6.07) is 16.7. The molecule has 0 radical (unpaired) electrons. The van der Waals surface area contributed by atoms with Crippen LogP contribution in [0.15, 0.2) is 66.2 Å². The Hall–Kier alpha value is -3.19. The minimum atomic E-state index is -0.235. The number of nitrogens with zero attached hydrogens (tertiary/aromatic N) is 3. The summed E-state index contributed by atoms with van der Waals surface area (Å²) < 4.78 is 15.8. The number of rotatable bonds is 8. The Morgan fingerprint density at radius 2 is 1.93 bits per heavy atom. The van der Waals surface area contributed by atoms with E-state index in [-0.39, 0.29) is 11.7 Å². The van der Waals surface area contributed by atoms with Gasteiger partial charge in [0.05, 0.1) is 17.8 Å². The molecule has 0 bridgehead atoms. The summed E-state index contributed by atoms with van der Waals surface area (Å²) in [7, 11) is 1.85. The molecule has 5 nitrogen and oxygen atoms in total. The molecule has 0 saturated carbocycles. The Labute approximate surface area is 178 Å². The number of imidazole rings is 1. The highest BCUT2D eigenvalue weighted by Gasteiger charge is 2.12. The predicted octanol–water partition coefficient (Wildman–Crippen LogP) is 4.39. The number of hydrogen-bond donors (Lipinski definition) is 1. The van der Waals surface area contributed by atoms with Gasteiger partial charge < -0.3 is 10.2 Å². The van der Waals surface area contributed by atoms with E-state index in [1.54, 1.807) is 12.1 Å². The lowest BCUT2D eigenvalue weighted by molar-refractivity contribution is -0.120. The number of carbonyl (C=O) groups is 1. The Morgan fingerprint density at radius 3 is 2.73 bits per heavy atom. The van der Waals surface area contributed by atoms with E-state index < -0.39 is 0 Å². The van der Waals surface area contributed by atoms with Crippen molar-refractivity contribution in [1.82, 2.24) is 14.7 Å². The Bertz CT molecular complexity index is 1140. The lowest BCUT2D eigenvalue weighted by Gasteiger charge is -2.19. The number of anilines is 1. The number of carbonyl (C=O) groups excluding carboxylic acids is 1. The van der Waals surface area contributed by atoms with Gasteiger partial charge in [0.15, 0.2) is 4.96 Å². The van der Waals surface area contributed by atoms with Gasteiger partial charge in [0.2, 0.25) is 5.91 Å². The van der Waals surface area contributed by atoms with Gasteiger partial charge in [-0.15, -0.1) is 11.3 Å². The normalized spacial score (nSPS) is 11.0. The molecule has 1 N–H and O–H groups in total. The number of benzene rings is 2. The van der Waals surface area contributed by atoms with E-state index in [2.05, 4.69) is 10.3 Å². The van der Waals surface area contributed by atoms with Gasteiger partial charge >= 0.3 is 0 Å². The molecule has 0 saturated heterocycles. The summed E-state index contributed by atoms with van der Waals surface area (Å²) in [6.07, 6.45) is 3.01. The Kier molecular flexibility index (Phi) is 6.09. The third-order valence-corrected chi connectivity index (χ3v) is 5.84. The van der Waals surface area contributed by atoms with E-state index in [1.165, 1.54) is 17.4 Å². The summed E-state index contributed by atoms with van der Waals surface area (Å²) in [6.45, 7) is 1.20. The molecular weight excluding hydrogens is 399 g/mol. The molecule has 2 heterocycles. The van der Waals surface area contributed by atoms with Gasteiger partial charge in [-0.3, -0.25) is 9.20 Å². The number of thiazole rings is 1. The van der Waals surface area contributed by atoms with Crippen LogP contribution in [0.4, 0.5) is 10.1 Å². The molecule has 0 atom stereocenters. The molecule has 0 aliphatic rings. The highest BCUT2D eigenvalue weighted by molar-refractivity contribution is 7.15. The van der Waals surface area contributed by atoms with Crippen molar-refractivity contribution >= 4 is 27.9 Å².